The van der Waals surface area contributed by atoms with Gasteiger partial charge in [-0.25, -0.2) is 4.98 Å². The predicted octanol–water partition coefficient (Wildman–Crippen LogP) is 2.37. The molecule has 0 bridgehead atoms. The van der Waals surface area contributed by atoms with Crippen LogP contribution >= 0.6 is 0 Å². The predicted molar refractivity (Wildman–Crippen MR) is 112 cm³/mol. The highest BCUT2D eigenvalue weighted by Crippen LogP contribution is 2.17. The molecule has 3 aromatic rings. The highest BCUT2D eigenvalue weighted by molar-refractivity contribution is 5.95. The van der Waals surface area contributed by atoms with Crippen LogP contribution in [0.5, 0.6) is 0 Å². The molecule has 1 amide bonds. The van der Waals surface area contributed by atoms with Crippen LogP contribution in [0.3, 0.4) is 0 Å². The van der Waals surface area contributed by atoms with Gasteiger partial charge in [0.05, 0.1) is 23.6 Å². The van der Waals surface area contributed by atoms with Crippen molar-refractivity contribution in [1.82, 2.24) is 19.6 Å². The average molecular weight is 377 g/mol. The zero-order valence-electron chi connectivity index (χ0n) is 16.6. The van der Waals surface area contributed by atoms with Gasteiger partial charge in [-0.15, -0.1) is 0 Å². The maximum absolute atomic E-state index is 12.6. The molecule has 0 saturated carbocycles. The number of amides is 1. The van der Waals surface area contributed by atoms with E-state index in [1.807, 2.05) is 23.5 Å². The van der Waals surface area contributed by atoms with E-state index < -0.39 is 0 Å². The van der Waals surface area contributed by atoms with E-state index in [0.29, 0.717) is 12.1 Å². The fourth-order valence-electron chi connectivity index (χ4n) is 3.72. The van der Waals surface area contributed by atoms with Gasteiger partial charge in [0.15, 0.2) is 0 Å². The van der Waals surface area contributed by atoms with Crippen LogP contribution in [-0.4, -0.2) is 60.0 Å². The number of carbonyl (C=O) groups is 1. The van der Waals surface area contributed by atoms with Gasteiger partial charge in [0.25, 0.3) is 5.91 Å². The number of benzene rings is 1. The van der Waals surface area contributed by atoms with E-state index >= 15 is 0 Å². The number of fused-ring (bicyclic) bond motifs is 1. The molecule has 28 heavy (non-hydrogen) atoms. The lowest BCUT2D eigenvalue weighted by atomic mass is 10.1. The molecule has 0 radical (unpaired) electrons. The third kappa shape index (κ3) is 3.87. The van der Waals surface area contributed by atoms with Crippen molar-refractivity contribution < 1.29 is 4.79 Å². The van der Waals surface area contributed by atoms with Gasteiger partial charge >= 0.3 is 0 Å². The van der Waals surface area contributed by atoms with Crippen molar-refractivity contribution >= 4 is 17.1 Å². The minimum absolute atomic E-state index is 0.0397. The number of hydrogen-bond acceptors (Lipinski definition) is 4. The van der Waals surface area contributed by atoms with Gasteiger partial charge in [-0.3, -0.25) is 4.79 Å². The third-order valence-corrected chi connectivity index (χ3v) is 5.59. The Kier molecular flexibility index (Phi) is 5.30. The number of imidazole rings is 1. The molecule has 6 heteroatoms. The first-order chi connectivity index (χ1) is 13.6. The van der Waals surface area contributed by atoms with Crippen molar-refractivity contribution in [2.75, 3.05) is 44.7 Å². The molecule has 0 unspecified atom stereocenters. The van der Waals surface area contributed by atoms with E-state index in [9.17, 15) is 4.79 Å². The monoisotopic (exact) mass is 377 g/mol. The summed E-state index contributed by atoms with van der Waals surface area (Å²) < 4.78 is 1.94. The van der Waals surface area contributed by atoms with E-state index in [2.05, 4.69) is 51.4 Å². The Labute approximate surface area is 165 Å². The van der Waals surface area contributed by atoms with Gasteiger partial charge in [-0.2, -0.15) is 0 Å². The lowest BCUT2D eigenvalue weighted by Gasteiger charge is -2.34. The summed E-state index contributed by atoms with van der Waals surface area (Å²) in [5.41, 5.74) is 5.11. The van der Waals surface area contributed by atoms with Gasteiger partial charge in [-0.05, 0) is 50.2 Å². The fourth-order valence-corrected chi connectivity index (χ4v) is 3.72. The van der Waals surface area contributed by atoms with E-state index in [0.717, 1.165) is 43.8 Å². The average Bonchev–Trinajstić information content (AvgIpc) is 3.19. The number of carbonyl (C=O) groups excluding carboxylic acids is 1. The summed E-state index contributed by atoms with van der Waals surface area (Å²) in [6, 6.07) is 12.5. The molecule has 4 rings (SSSR count). The number of pyridine rings is 1. The number of piperazine rings is 1. The van der Waals surface area contributed by atoms with Crippen LogP contribution in [0.15, 0.2) is 48.9 Å². The Morgan fingerprint density at radius 1 is 1.07 bits per heavy atom. The fraction of sp³-hybridized carbons (Fsp3) is 0.364. The summed E-state index contributed by atoms with van der Waals surface area (Å²) in [5, 5.41) is 3.04. The summed E-state index contributed by atoms with van der Waals surface area (Å²) in [6.07, 6.45) is 4.35. The normalized spacial score (nSPS) is 15.1. The molecule has 1 fully saturated rings. The highest BCUT2D eigenvalue weighted by Gasteiger charge is 2.14. The summed E-state index contributed by atoms with van der Waals surface area (Å²) in [4.78, 5) is 21.5. The number of anilines is 1. The lowest BCUT2D eigenvalue weighted by molar-refractivity contribution is 0.0953. The van der Waals surface area contributed by atoms with Crippen LogP contribution in [-0.2, 0) is 6.42 Å². The zero-order valence-corrected chi connectivity index (χ0v) is 16.6. The van der Waals surface area contributed by atoms with Crippen LogP contribution in [0.25, 0.3) is 5.52 Å². The van der Waals surface area contributed by atoms with Crippen molar-refractivity contribution in [3.63, 3.8) is 0 Å². The molecule has 2 aromatic heterocycles. The van der Waals surface area contributed by atoms with E-state index in [1.165, 1.54) is 11.3 Å². The third-order valence-electron chi connectivity index (χ3n) is 5.59. The number of nitrogens with zero attached hydrogens (tertiary/aromatic N) is 4. The van der Waals surface area contributed by atoms with Crippen LogP contribution in [0.1, 0.15) is 21.6 Å². The van der Waals surface area contributed by atoms with Crippen molar-refractivity contribution in [3.8, 4) is 0 Å². The number of aromatic nitrogens is 2. The smallest absolute Gasteiger partial charge is 0.253 e. The van der Waals surface area contributed by atoms with Crippen LogP contribution in [0.2, 0.25) is 0 Å². The molecule has 1 aliphatic heterocycles. The first-order valence-electron chi connectivity index (χ1n) is 9.84. The Morgan fingerprint density at radius 2 is 1.82 bits per heavy atom. The highest BCUT2D eigenvalue weighted by atomic mass is 16.1. The maximum Gasteiger partial charge on any atom is 0.253 e. The summed E-state index contributed by atoms with van der Waals surface area (Å²) in [7, 11) is 2.17. The molecule has 1 N–H and O–H groups in total. The van der Waals surface area contributed by atoms with Crippen LogP contribution < -0.4 is 10.2 Å². The van der Waals surface area contributed by atoms with Crippen molar-refractivity contribution in [1.29, 1.82) is 0 Å². The van der Waals surface area contributed by atoms with Gasteiger partial charge in [0.1, 0.15) is 0 Å². The molecule has 6 nitrogen and oxygen atoms in total. The Hall–Kier alpha value is -2.86. The number of rotatable bonds is 5. The molecule has 3 heterocycles. The first kappa shape index (κ1) is 18.5. The second-order valence-corrected chi connectivity index (χ2v) is 7.48. The van der Waals surface area contributed by atoms with Crippen molar-refractivity contribution in [2.24, 2.45) is 0 Å². The standard InChI is InChI=1S/C22H27N5O/c1-17-21(8-7-20-15-23-16-27(17)20)22(28)24-10-9-18-3-5-19(6-4-18)26-13-11-25(2)12-14-26/h3-8,15-16H,9-14H2,1-2H3,(H,24,28). The molecular weight excluding hydrogens is 350 g/mol. The summed E-state index contributed by atoms with van der Waals surface area (Å²) in [5.74, 6) is -0.0397. The van der Waals surface area contributed by atoms with Gasteiger partial charge < -0.3 is 19.5 Å². The second kappa shape index (κ2) is 8.02. The van der Waals surface area contributed by atoms with Crippen molar-refractivity contribution in [3.05, 3.63) is 65.7 Å². The Balaban J connectivity index is 1.32. The van der Waals surface area contributed by atoms with E-state index in [4.69, 9.17) is 0 Å². The number of aryl methyl sites for hydroxylation is 1. The summed E-state index contributed by atoms with van der Waals surface area (Å²) >= 11 is 0. The quantitative estimate of drug-likeness (QED) is 0.742. The molecule has 1 saturated heterocycles. The summed E-state index contributed by atoms with van der Waals surface area (Å²) in [6.45, 7) is 6.93. The molecule has 146 valence electrons. The van der Waals surface area contributed by atoms with Crippen LogP contribution in [0.4, 0.5) is 5.69 Å². The van der Waals surface area contributed by atoms with Gasteiger partial charge in [0.2, 0.25) is 0 Å². The molecule has 0 aliphatic carbocycles. The SMILES string of the molecule is Cc1c(C(=O)NCCc2ccc(N3CCN(C)CC3)cc2)ccc2cncn12. The lowest BCUT2D eigenvalue weighted by Crippen LogP contribution is -2.44. The largest absolute Gasteiger partial charge is 0.369 e. The molecule has 1 aliphatic rings. The topological polar surface area (TPSA) is 52.9 Å². The molecule has 0 atom stereocenters. The first-order valence-corrected chi connectivity index (χ1v) is 9.84. The molecule has 1 aromatic carbocycles. The zero-order chi connectivity index (χ0) is 19.5. The van der Waals surface area contributed by atoms with Gasteiger partial charge in [-0.1, -0.05) is 12.1 Å². The molecular formula is C22H27N5O. The van der Waals surface area contributed by atoms with E-state index in [-0.39, 0.29) is 5.91 Å². The van der Waals surface area contributed by atoms with Crippen molar-refractivity contribution in [2.45, 2.75) is 13.3 Å². The molecule has 0 spiro atoms. The number of likely N-dealkylation sites (N-methyl/N-ethyl adjacent to an activating group) is 1. The Morgan fingerprint density at radius 3 is 2.57 bits per heavy atom. The Bertz CT molecular complexity index is 955. The maximum atomic E-state index is 12.6. The number of hydrogen-bond donors (Lipinski definition) is 1. The minimum Gasteiger partial charge on any atom is -0.369 e. The minimum atomic E-state index is -0.0397. The van der Waals surface area contributed by atoms with E-state index in [1.54, 1.807) is 12.5 Å². The van der Waals surface area contributed by atoms with Crippen LogP contribution in [0, 0.1) is 6.92 Å². The number of nitrogens with one attached hydrogen (secondary N) is 1. The van der Waals surface area contributed by atoms with Gasteiger partial charge in [0, 0.05) is 44.1 Å². The second-order valence-electron chi connectivity index (χ2n) is 7.48.